The van der Waals surface area contributed by atoms with E-state index >= 15 is 0 Å². The van der Waals surface area contributed by atoms with E-state index in [1.807, 2.05) is 53.1 Å². The van der Waals surface area contributed by atoms with E-state index in [2.05, 4.69) is 51.6 Å². The molecule has 3 heterocycles. The Labute approximate surface area is 212 Å². The Morgan fingerprint density at radius 1 is 0.944 bits per heavy atom. The molecule has 0 bridgehead atoms. The zero-order valence-electron chi connectivity index (χ0n) is 20.0. The Morgan fingerprint density at radius 3 is 2.42 bits per heavy atom. The number of hydrogen-bond acceptors (Lipinski definition) is 7. The summed E-state index contributed by atoms with van der Waals surface area (Å²) in [5.74, 6) is 1.42. The number of carbonyl (C=O) groups is 1. The van der Waals surface area contributed by atoms with Crippen LogP contribution in [0.4, 0.5) is 5.82 Å². The van der Waals surface area contributed by atoms with Crippen LogP contribution in [-0.4, -0.2) is 30.8 Å². The summed E-state index contributed by atoms with van der Waals surface area (Å²) in [6.45, 7) is 5.92. The highest BCUT2D eigenvalue weighted by Crippen LogP contribution is 2.38. The normalized spacial score (nSPS) is 11.9. The third-order valence-electron chi connectivity index (χ3n) is 5.76. The van der Waals surface area contributed by atoms with Crippen molar-refractivity contribution in [2.24, 2.45) is 0 Å². The second kappa shape index (κ2) is 10.2. The van der Waals surface area contributed by atoms with Crippen LogP contribution < -0.4 is 5.32 Å². The molecule has 0 saturated carbocycles. The number of nitrogens with one attached hydrogen (secondary N) is 1. The van der Waals surface area contributed by atoms with E-state index in [9.17, 15) is 4.79 Å². The lowest BCUT2D eigenvalue weighted by atomic mass is 10.1. The van der Waals surface area contributed by atoms with Gasteiger partial charge in [0.2, 0.25) is 5.91 Å². The van der Waals surface area contributed by atoms with Crippen LogP contribution in [0, 0.1) is 20.8 Å². The molecule has 1 atom stereocenters. The summed E-state index contributed by atoms with van der Waals surface area (Å²) in [5.41, 5.74) is 4.96. The molecule has 2 aromatic carbocycles. The Kier molecular flexibility index (Phi) is 6.64. The highest BCUT2D eigenvalue weighted by molar-refractivity contribution is 8.00. The number of benzene rings is 2. The minimum Gasteiger partial charge on any atom is -0.360 e. The van der Waals surface area contributed by atoms with E-state index in [1.165, 1.54) is 17.3 Å². The SMILES string of the molecule is Cc1cc(NC(=O)C(Sc2nnc(-c3ccncc3)n2-c2ccc(C)c(C)c2)c2ccccc2)no1. The summed E-state index contributed by atoms with van der Waals surface area (Å²) in [6, 6.07) is 21.3. The topological polar surface area (TPSA) is 98.7 Å². The van der Waals surface area contributed by atoms with Gasteiger partial charge in [0.05, 0.1) is 5.69 Å². The number of pyridine rings is 1. The summed E-state index contributed by atoms with van der Waals surface area (Å²) >= 11 is 1.33. The molecule has 0 saturated heterocycles. The fourth-order valence-corrected chi connectivity index (χ4v) is 4.81. The first kappa shape index (κ1) is 23.5. The fraction of sp³-hybridized carbons (Fsp3) is 0.148. The number of aromatic nitrogens is 5. The molecule has 180 valence electrons. The van der Waals surface area contributed by atoms with Crippen LogP contribution in [0.2, 0.25) is 0 Å². The minimum atomic E-state index is -0.608. The van der Waals surface area contributed by atoms with Gasteiger partial charge in [0.1, 0.15) is 11.0 Å². The van der Waals surface area contributed by atoms with E-state index in [-0.39, 0.29) is 5.91 Å². The van der Waals surface area contributed by atoms with Gasteiger partial charge < -0.3 is 9.84 Å². The number of nitrogens with zero attached hydrogens (tertiary/aromatic N) is 5. The maximum absolute atomic E-state index is 13.5. The van der Waals surface area contributed by atoms with Gasteiger partial charge >= 0.3 is 0 Å². The number of anilines is 1. The lowest BCUT2D eigenvalue weighted by Crippen LogP contribution is -2.19. The van der Waals surface area contributed by atoms with Gasteiger partial charge in [0.15, 0.2) is 16.8 Å². The molecule has 1 N–H and O–H groups in total. The molecule has 0 aliphatic rings. The van der Waals surface area contributed by atoms with E-state index in [1.54, 1.807) is 25.4 Å². The van der Waals surface area contributed by atoms with Crippen molar-refractivity contribution < 1.29 is 9.32 Å². The van der Waals surface area contributed by atoms with Gasteiger partial charge in [-0.05, 0) is 61.7 Å². The average molecular weight is 497 g/mol. The maximum Gasteiger partial charge on any atom is 0.243 e. The molecule has 5 aromatic rings. The first-order chi connectivity index (χ1) is 17.5. The second-order valence-corrected chi connectivity index (χ2v) is 9.44. The molecule has 1 amide bonds. The smallest absolute Gasteiger partial charge is 0.243 e. The molecule has 3 aromatic heterocycles. The zero-order valence-corrected chi connectivity index (χ0v) is 20.9. The molecule has 0 radical (unpaired) electrons. The van der Waals surface area contributed by atoms with Crippen LogP contribution in [0.25, 0.3) is 17.1 Å². The quantitative estimate of drug-likeness (QED) is 0.288. The van der Waals surface area contributed by atoms with Crippen molar-refractivity contribution in [2.75, 3.05) is 5.32 Å². The highest BCUT2D eigenvalue weighted by Gasteiger charge is 2.27. The third-order valence-corrected chi connectivity index (χ3v) is 6.96. The largest absolute Gasteiger partial charge is 0.360 e. The van der Waals surface area contributed by atoms with E-state index in [4.69, 9.17) is 4.52 Å². The number of hydrogen-bond donors (Lipinski definition) is 1. The zero-order chi connectivity index (χ0) is 25.1. The Morgan fingerprint density at radius 2 is 1.72 bits per heavy atom. The van der Waals surface area contributed by atoms with Gasteiger partial charge in [-0.25, -0.2) is 0 Å². The number of amides is 1. The van der Waals surface area contributed by atoms with Crippen molar-refractivity contribution in [1.29, 1.82) is 0 Å². The summed E-state index contributed by atoms with van der Waals surface area (Å²) in [4.78, 5) is 17.6. The molecule has 0 aliphatic carbocycles. The van der Waals surface area contributed by atoms with Gasteiger partial charge in [0.25, 0.3) is 0 Å². The predicted molar refractivity (Wildman–Crippen MR) is 139 cm³/mol. The predicted octanol–water partition coefficient (Wildman–Crippen LogP) is 5.71. The number of aryl methyl sites for hydroxylation is 3. The number of rotatable bonds is 7. The van der Waals surface area contributed by atoms with Gasteiger partial charge in [-0.2, -0.15) is 0 Å². The van der Waals surface area contributed by atoms with Gasteiger partial charge in [0, 0.05) is 24.0 Å². The van der Waals surface area contributed by atoms with Crippen molar-refractivity contribution >= 4 is 23.5 Å². The summed E-state index contributed by atoms with van der Waals surface area (Å²) in [6.07, 6.45) is 3.45. The number of thioether (sulfide) groups is 1. The first-order valence-corrected chi connectivity index (χ1v) is 12.3. The molecule has 1 unspecified atom stereocenters. The summed E-state index contributed by atoms with van der Waals surface area (Å²) < 4.78 is 7.10. The molecular weight excluding hydrogens is 472 g/mol. The highest BCUT2D eigenvalue weighted by atomic mass is 32.2. The van der Waals surface area contributed by atoms with Gasteiger partial charge in [-0.15, -0.1) is 10.2 Å². The summed E-state index contributed by atoms with van der Waals surface area (Å²) in [5, 5.41) is 15.8. The monoisotopic (exact) mass is 496 g/mol. The van der Waals surface area contributed by atoms with E-state index in [0.717, 1.165) is 22.4 Å². The van der Waals surface area contributed by atoms with Crippen molar-refractivity contribution in [3.63, 3.8) is 0 Å². The Bertz CT molecular complexity index is 1500. The van der Waals surface area contributed by atoms with Crippen LogP contribution >= 0.6 is 11.8 Å². The fourth-order valence-electron chi connectivity index (χ4n) is 3.75. The van der Waals surface area contributed by atoms with Crippen LogP contribution in [0.3, 0.4) is 0 Å². The number of carbonyl (C=O) groups excluding carboxylic acids is 1. The van der Waals surface area contributed by atoms with Gasteiger partial charge in [-0.3, -0.25) is 14.3 Å². The van der Waals surface area contributed by atoms with Crippen molar-refractivity contribution in [3.8, 4) is 17.1 Å². The van der Waals surface area contributed by atoms with Gasteiger partial charge in [-0.1, -0.05) is 53.3 Å². The maximum atomic E-state index is 13.5. The van der Waals surface area contributed by atoms with Crippen LogP contribution in [-0.2, 0) is 4.79 Å². The summed E-state index contributed by atoms with van der Waals surface area (Å²) in [7, 11) is 0. The van der Waals surface area contributed by atoms with Crippen LogP contribution in [0.5, 0.6) is 0 Å². The van der Waals surface area contributed by atoms with Crippen LogP contribution in [0.1, 0.15) is 27.7 Å². The first-order valence-electron chi connectivity index (χ1n) is 11.4. The molecule has 9 heteroatoms. The minimum absolute atomic E-state index is 0.236. The molecular formula is C27H24N6O2S. The van der Waals surface area contributed by atoms with Crippen molar-refractivity contribution in [3.05, 3.63) is 102 Å². The second-order valence-electron chi connectivity index (χ2n) is 8.37. The van der Waals surface area contributed by atoms with E-state index < -0.39 is 5.25 Å². The van der Waals surface area contributed by atoms with Crippen LogP contribution in [0.15, 0.2) is 88.8 Å². The average Bonchev–Trinajstić information content (AvgIpc) is 3.51. The van der Waals surface area contributed by atoms with Crippen molar-refractivity contribution in [1.82, 2.24) is 24.9 Å². The Hall–Kier alpha value is -4.24. The molecule has 0 aliphatic heterocycles. The molecule has 8 nitrogen and oxygen atoms in total. The Balaban J connectivity index is 1.58. The van der Waals surface area contributed by atoms with Crippen molar-refractivity contribution in [2.45, 2.75) is 31.2 Å². The lowest BCUT2D eigenvalue weighted by molar-refractivity contribution is -0.115. The molecule has 0 spiro atoms. The third kappa shape index (κ3) is 4.92. The lowest BCUT2D eigenvalue weighted by Gasteiger charge is -2.17. The van der Waals surface area contributed by atoms with E-state index in [0.29, 0.717) is 22.6 Å². The standard InChI is InChI=1S/C27H24N6O2S/c1-17-9-10-22(15-18(17)2)33-25(21-11-13-28-14-12-21)30-31-27(33)36-24(20-7-5-4-6-8-20)26(34)29-23-16-19(3)35-32-23/h4-16,24H,1-3H3,(H,29,32,34). The molecule has 0 fully saturated rings. The molecule has 36 heavy (non-hydrogen) atoms. The molecule has 5 rings (SSSR count).